The number of anilines is 1. The lowest BCUT2D eigenvalue weighted by Gasteiger charge is -2.35. The van der Waals surface area contributed by atoms with Crippen molar-refractivity contribution in [1.82, 2.24) is 4.31 Å². The van der Waals surface area contributed by atoms with Crippen molar-refractivity contribution in [2.45, 2.75) is 4.90 Å². The Morgan fingerprint density at radius 2 is 1.79 bits per heavy atom. The van der Waals surface area contributed by atoms with Crippen molar-refractivity contribution in [2.75, 3.05) is 31.1 Å². The molecule has 1 heterocycles. The van der Waals surface area contributed by atoms with Crippen LogP contribution in [0, 0.1) is 10.1 Å². The molecule has 0 unspecified atom stereocenters. The highest BCUT2D eigenvalue weighted by Gasteiger charge is 2.31. The number of carbonyl (C=O) groups is 1. The standard InChI is InChI=1S/C17H17BrN4O5S/c18-13-2-1-3-14(11-13)28(26,27)21-8-6-20(7-9-21)15-5-4-12(17(19)23)10-16(15)22(24)25/h1-5,10-11H,6-9H2,(H2,19,23). The lowest BCUT2D eigenvalue weighted by Crippen LogP contribution is -2.48. The minimum absolute atomic E-state index is 0.0475. The van der Waals surface area contributed by atoms with Crippen LogP contribution in [0.25, 0.3) is 0 Å². The van der Waals surface area contributed by atoms with Crippen molar-refractivity contribution < 1.29 is 18.1 Å². The van der Waals surface area contributed by atoms with Crippen LogP contribution in [0.5, 0.6) is 0 Å². The number of hydrogen-bond donors (Lipinski definition) is 1. The number of amides is 1. The fraction of sp³-hybridized carbons (Fsp3) is 0.235. The van der Waals surface area contributed by atoms with Crippen LogP contribution >= 0.6 is 15.9 Å². The highest BCUT2D eigenvalue weighted by atomic mass is 79.9. The highest BCUT2D eigenvalue weighted by Crippen LogP contribution is 2.31. The number of nitro groups is 1. The fourth-order valence-corrected chi connectivity index (χ4v) is 5.06. The van der Waals surface area contributed by atoms with Crippen molar-refractivity contribution in [3.8, 4) is 0 Å². The smallest absolute Gasteiger partial charge is 0.293 e. The van der Waals surface area contributed by atoms with E-state index in [1.165, 1.54) is 28.6 Å². The predicted octanol–water partition coefficient (Wildman–Crippen LogP) is 1.97. The Labute approximate surface area is 170 Å². The van der Waals surface area contributed by atoms with E-state index in [1.54, 1.807) is 17.0 Å². The Hall–Kier alpha value is -2.50. The SMILES string of the molecule is NC(=O)c1ccc(N2CCN(S(=O)(=O)c3cccc(Br)c3)CC2)c([N+](=O)[O-])c1. The Bertz CT molecular complexity index is 1040. The zero-order valence-electron chi connectivity index (χ0n) is 14.6. The van der Waals surface area contributed by atoms with Gasteiger partial charge in [0.05, 0.1) is 9.82 Å². The van der Waals surface area contributed by atoms with Crippen molar-refractivity contribution in [2.24, 2.45) is 5.73 Å². The molecular formula is C17H17BrN4O5S. The van der Waals surface area contributed by atoms with Gasteiger partial charge in [0.1, 0.15) is 5.69 Å². The first-order chi connectivity index (χ1) is 13.2. The summed E-state index contributed by atoms with van der Waals surface area (Å²) in [4.78, 5) is 24.0. The van der Waals surface area contributed by atoms with Gasteiger partial charge in [-0.25, -0.2) is 8.42 Å². The molecule has 0 atom stereocenters. The molecule has 11 heteroatoms. The molecule has 0 saturated carbocycles. The molecule has 1 amide bonds. The zero-order chi connectivity index (χ0) is 20.5. The summed E-state index contributed by atoms with van der Waals surface area (Å²) >= 11 is 3.27. The normalized spacial score (nSPS) is 15.4. The van der Waals surface area contributed by atoms with E-state index in [4.69, 9.17) is 5.73 Å². The van der Waals surface area contributed by atoms with Gasteiger partial charge in [-0.1, -0.05) is 22.0 Å². The van der Waals surface area contributed by atoms with Crippen molar-refractivity contribution in [1.29, 1.82) is 0 Å². The summed E-state index contributed by atoms with van der Waals surface area (Å²) < 4.78 is 27.6. The van der Waals surface area contributed by atoms with Crippen LogP contribution < -0.4 is 10.6 Å². The summed E-state index contributed by atoms with van der Waals surface area (Å²) in [7, 11) is -3.65. The van der Waals surface area contributed by atoms with Crippen molar-refractivity contribution in [3.05, 3.63) is 62.6 Å². The van der Waals surface area contributed by atoms with E-state index < -0.39 is 20.9 Å². The molecule has 3 rings (SSSR count). The maximum Gasteiger partial charge on any atom is 0.293 e. The van der Waals surface area contributed by atoms with Crippen LogP contribution in [0.4, 0.5) is 11.4 Å². The number of nitro benzene ring substituents is 1. The quantitative estimate of drug-likeness (QED) is 0.527. The molecule has 2 aromatic rings. The molecular weight excluding hydrogens is 452 g/mol. The summed E-state index contributed by atoms with van der Waals surface area (Å²) in [6.45, 7) is 0.932. The molecule has 2 N–H and O–H groups in total. The van der Waals surface area contributed by atoms with E-state index in [2.05, 4.69) is 15.9 Å². The van der Waals surface area contributed by atoms with Gasteiger partial charge in [0, 0.05) is 42.3 Å². The van der Waals surface area contributed by atoms with Gasteiger partial charge in [-0.2, -0.15) is 4.31 Å². The van der Waals surface area contributed by atoms with Gasteiger partial charge < -0.3 is 10.6 Å². The van der Waals surface area contributed by atoms with Crippen LogP contribution in [-0.4, -0.2) is 49.7 Å². The first-order valence-corrected chi connectivity index (χ1v) is 10.5. The molecule has 1 aliphatic heterocycles. The Morgan fingerprint density at radius 1 is 1.11 bits per heavy atom. The summed E-state index contributed by atoms with van der Waals surface area (Å²) in [6.07, 6.45) is 0. The molecule has 0 aliphatic carbocycles. The second-order valence-electron chi connectivity index (χ2n) is 6.17. The maximum atomic E-state index is 12.8. The molecule has 1 fully saturated rings. The Morgan fingerprint density at radius 3 is 2.36 bits per heavy atom. The minimum Gasteiger partial charge on any atom is -0.366 e. The molecule has 0 aromatic heterocycles. The van der Waals surface area contributed by atoms with Gasteiger partial charge in [-0.15, -0.1) is 0 Å². The summed E-state index contributed by atoms with van der Waals surface area (Å²) in [5, 5.41) is 11.4. The first kappa shape index (κ1) is 20.2. The van der Waals surface area contributed by atoms with Crippen LogP contribution in [0.1, 0.15) is 10.4 Å². The number of rotatable bonds is 5. The summed E-state index contributed by atoms with van der Waals surface area (Å²) in [5.74, 6) is -0.750. The molecule has 28 heavy (non-hydrogen) atoms. The second-order valence-corrected chi connectivity index (χ2v) is 9.03. The number of piperazine rings is 1. The largest absolute Gasteiger partial charge is 0.366 e. The molecule has 2 aromatic carbocycles. The Balaban J connectivity index is 1.81. The summed E-state index contributed by atoms with van der Waals surface area (Å²) in [6, 6.07) is 10.5. The topological polar surface area (TPSA) is 127 Å². The van der Waals surface area contributed by atoms with Crippen molar-refractivity contribution >= 4 is 43.2 Å². The number of nitrogens with zero attached hydrogens (tertiary/aromatic N) is 3. The van der Waals surface area contributed by atoms with E-state index in [-0.39, 0.29) is 42.3 Å². The van der Waals surface area contributed by atoms with Crippen LogP contribution in [0.3, 0.4) is 0 Å². The average molecular weight is 469 g/mol. The number of sulfonamides is 1. The molecule has 0 bridgehead atoms. The predicted molar refractivity (Wildman–Crippen MR) is 107 cm³/mol. The highest BCUT2D eigenvalue weighted by molar-refractivity contribution is 9.10. The molecule has 9 nitrogen and oxygen atoms in total. The minimum atomic E-state index is -3.65. The third-order valence-corrected chi connectivity index (χ3v) is 6.86. The number of halogens is 1. The monoisotopic (exact) mass is 468 g/mol. The maximum absolute atomic E-state index is 12.8. The van der Waals surface area contributed by atoms with E-state index in [1.807, 2.05) is 0 Å². The van der Waals surface area contributed by atoms with E-state index in [0.717, 1.165) is 6.07 Å². The van der Waals surface area contributed by atoms with Gasteiger partial charge in [-0.05, 0) is 30.3 Å². The third kappa shape index (κ3) is 4.01. The van der Waals surface area contributed by atoms with Crippen molar-refractivity contribution in [3.63, 3.8) is 0 Å². The van der Waals surface area contributed by atoms with E-state index in [9.17, 15) is 23.3 Å². The molecule has 148 valence electrons. The van der Waals surface area contributed by atoms with Gasteiger partial charge in [0.25, 0.3) is 5.69 Å². The van der Waals surface area contributed by atoms with Crippen LogP contribution in [0.2, 0.25) is 0 Å². The molecule has 1 aliphatic rings. The second kappa shape index (κ2) is 7.86. The number of benzene rings is 2. The van der Waals surface area contributed by atoms with Crippen LogP contribution in [-0.2, 0) is 10.0 Å². The third-order valence-electron chi connectivity index (χ3n) is 4.47. The fourth-order valence-electron chi connectivity index (χ4n) is 3.04. The first-order valence-electron chi connectivity index (χ1n) is 8.29. The average Bonchev–Trinajstić information content (AvgIpc) is 2.67. The Kier molecular flexibility index (Phi) is 5.68. The van der Waals surface area contributed by atoms with E-state index in [0.29, 0.717) is 10.2 Å². The van der Waals surface area contributed by atoms with Gasteiger partial charge in [0.15, 0.2) is 0 Å². The van der Waals surface area contributed by atoms with Gasteiger partial charge in [0.2, 0.25) is 15.9 Å². The summed E-state index contributed by atoms with van der Waals surface area (Å²) in [5.41, 5.74) is 5.33. The lowest BCUT2D eigenvalue weighted by molar-refractivity contribution is -0.384. The zero-order valence-corrected chi connectivity index (χ0v) is 17.0. The molecule has 1 saturated heterocycles. The number of carbonyl (C=O) groups excluding carboxylic acids is 1. The number of nitrogens with two attached hydrogens (primary N) is 1. The molecule has 0 spiro atoms. The number of primary amides is 1. The molecule has 0 radical (unpaired) electrons. The lowest BCUT2D eigenvalue weighted by atomic mass is 10.1. The van der Waals surface area contributed by atoms with Gasteiger partial charge >= 0.3 is 0 Å². The van der Waals surface area contributed by atoms with Crippen LogP contribution in [0.15, 0.2) is 51.8 Å². The number of hydrogen-bond acceptors (Lipinski definition) is 6. The van der Waals surface area contributed by atoms with Gasteiger partial charge in [-0.3, -0.25) is 14.9 Å². The van der Waals surface area contributed by atoms with E-state index >= 15 is 0 Å².